The summed E-state index contributed by atoms with van der Waals surface area (Å²) in [5, 5.41) is 6.70. The highest BCUT2D eigenvalue weighted by molar-refractivity contribution is 5.79. The molecule has 0 saturated heterocycles. The van der Waals surface area contributed by atoms with E-state index in [2.05, 4.69) is 43.5 Å². The third-order valence-corrected chi connectivity index (χ3v) is 8.06. The quantitative estimate of drug-likeness (QED) is 0.649. The highest BCUT2D eigenvalue weighted by atomic mass is 16.6. The maximum absolute atomic E-state index is 13.1. The van der Waals surface area contributed by atoms with Crippen molar-refractivity contribution in [3.63, 3.8) is 0 Å². The number of nitrogens with zero attached hydrogens (tertiary/aromatic N) is 1. The first-order valence-electron chi connectivity index (χ1n) is 12.6. The Balaban J connectivity index is 1.41. The van der Waals surface area contributed by atoms with E-state index in [0.717, 1.165) is 38.5 Å². The number of amides is 2. The van der Waals surface area contributed by atoms with Gasteiger partial charge in [0, 0.05) is 30.6 Å². The molecule has 33 heavy (non-hydrogen) atoms. The number of nitrogens with one attached hydrogen (secondary N) is 2. The molecule has 2 bridgehead atoms. The van der Waals surface area contributed by atoms with Gasteiger partial charge in [0.05, 0.1) is 6.54 Å². The second-order valence-corrected chi connectivity index (χ2v) is 11.9. The van der Waals surface area contributed by atoms with Crippen LogP contribution >= 0.6 is 0 Å². The number of hydrogen-bond donors (Lipinski definition) is 2. The molecule has 0 aromatic heterocycles. The fraction of sp³-hybridized carbons (Fsp3) is 0.704. The van der Waals surface area contributed by atoms with Gasteiger partial charge in [-0.2, -0.15) is 0 Å². The minimum atomic E-state index is -0.531. The number of benzene rings is 1. The first-order valence-corrected chi connectivity index (χ1v) is 12.6. The van der Waals surface area contributed by atoms with Crippen LogP contribution in [-0.4, -0.2) is 40.1 Å². The van der Waals surface area contributed by atoms with E-state index < -0.39 is 5.60 Å². The highest BCUT2D eigenvalue weighted by Gasteiger charge is 2.51. The van der Waals surface area contributed by atoms with Gasteiger partial charge >= 0.3 is 6.09 Å². The minimum absolute atomic E-state index is 0.144. The first-order chi connectivity index (χ1) is 15.5. The molecule has 6 heteroatoms. The van der Waals surface area contributed by atoms with Gasteiger partial charge in [-0.1, -0.05) is 38.1 Å². The molecule has 1 aliphatic heterocycles. The van der Waals surface area contributed by atoms with E-state index in [0.29, 0.717) is 31.5 Å². The molecule has 182 valence electrons. The molecule has 2 fully saturated rings. The summed E-state index contributed by atoms with van der Waals surface area (Å²) in [6.45, 7) is 12.2. The third-order valence-electron chi connectivity index (χ3n) is 8.06. The van der Waals surface area contributed by atoms with Crippen LogP contribution in [0.5, 0.6) is 0 Å². The van der Waals surface area contributed by atoms with Crippen molar-refractivity contribution in [2.75, 3.05) is 6.54 Å². The van der Waals surface area contributed by atoms with Crippen LogP contribution in [0.2, 0.25) is 0 Å². The van der Waals surface area contributed by atoms with E-state index >= 15 is 0 Å². The standard InChI is InChI=1S/C27H41N3O3/c1-6-25(3,4)29-24(32)33-26(5)13-20-11-19(2)12-27(14-20,18-26)28-15-23(31)30-16-21-9-7-8-10-22(21)17-30/h7-10,19-20,28H,6,11-18H2,1-5H3,(H,29,32). The fourth-order valence-electron chi connectivity index (χ4n) is 6.52. The van der Waals surface area contributed by atoms with Crippen LogP contribution in [-0.2, 0) is 22.6 Å². The van der Waals surface area contributed by atoms with Crippen LogP contribution in [0, 0.1) is 11.8 Å². The molecular weight excluding hydrogens is 414 g/mol. The maximum atomic E-state index is 13.1. The molecule has 1 aromatic rings. The molecule has 4 rings (SSSR count). The Morgan fingerprint density at radius 1 is 1.15 bits per heavy atom. The highest BCUT2D eigenvalue weighted by Crippen LogP contribution is 2.50. The maximum Gasteiger partial charge on any atom is 0.408 e. The Bertz CT molecular complexity index is 871. The van der Waals surface area contributed by atoms with E-state index in [4.69, 9.17) is 4.74 Å². The van der Waals surface area contributed by atoms with Crippen LogP contribution in [0.15, 0.2) is 24.3 Å². The van der Waals surface area contributed by atoms with Crippen LogP contribution < -0.4 is 10.6 Å². The SMILES string of the molecule is CCC(C)(C)NC(=O)OC1(C)CC2CC(C)CC(NCC(=O)N3Cc4ccccc4C3)(C2)C1. The van der Waals surface area contributed by atoms with Gasteiger partial charge in [-0.3, -0.25) is 4.79 Å². The van der Waals surface area contributed by atoms with Gasteiger partial charge in [0.25, 0.3) is 0 Å². The number of rotatable bonds is 6. The number of hydrogen-bond acceptors (Lipinski definition) is 4. The molecule has 2 amide bonds. The molecule has 4 atom stereocenters. The number of carbonyl (C=O) groups is 2. The summed E-state index contributed by atoms with van der Waals surface area (Å²) in [6, 6.07) is 8.29. The van der Waals surface area contributed by atoms with Gasteiger partial charge in [0.15, 0.2) is 0 Å². The minimum Gasteiger partial charge on any atom is -0.443 e. The first kappa shape index (κ1) is 24.1. The van der Waals surface area contributed by atoms with Gasteiger partial charge in [0.2, 0.25) is 5.91 Å². The summed E-state index contributed by atoms with van der Waals surface area (Å²) in [5.74, 6) is 1.24. The van der Waals surface area contributed by atoms with Crippen LogP contribution in [0.25, 0.3) is 0 Å². The molecule has 6 nitrogen and oxygen atoms in total. The van der Waals surface area contributed by atoms with Crippen molar-refractivity contribution in [1.29, 1.82) is 0 Å². The Hall–Kier alpha value is -2.08. The van der Waals surface area contributed by atoms with Gasteiger partial charge < -0.3 is 20.3 Å². The zero-order valence-corrected chi connectivity index (χ0v) is 21.0. The number of carbonyl (C=O) groups excluding carboxylic acids is 2. The molecule has 2 N–H and O–H groups in total. The zero-order chi connectivity index (χ0) is 23.9. The summed E-state index contributed by atoms with van der Waals surface area (Å²) >= 11 is 0. The Kier molecular flexibility index (Phi) is 6.51. The van der Waals surface area contributed by atoms with Crippen molar-refractivity contribution in [2.45, 2.75) is 103 Å². The van der Waals surface area contributed by atoms with Crippen molar-refractivity contribution in [3.8, 4) is 0 Å². The number of fused-ring (bicyclic) bond motifs is 3. The molecule has 1 aromatic carbocycles. The molecule has 2 saturated carbocycles. The molecule has 4 unspecified atom stereocenters. The normalized spacial score (nSPS) is 31.1. The summed E-state index contributed by atoms with van der Waals surface area (Å²) in [7, 11) is 0. The molecule has 2 aliphatic carbocycles. The molecular formula is C27H41N3O3. The summed E-state index contributed by atoms with van der Waals surface area (Å²) in [6.07, 6.45) is 5.35. The van der Waals surface area contributed by atoms with Gasteiger partial charge in [-0.05, 0) is 75.8 Å². The average molecular weight is 456 g/mol. The van der Waals surface area contributed by atoms with E-state index in [-0.39, 0.29) is 23.1 Å². The van der Waals surface area contributed by atoms with Gasteiger partial charge in [0.1, 0.15) is 5.60 Å². The monoisotopic (exact) mass is 455 g/mol. The van der Waals surface area contributed by atoms with Gasteiger partial charge in [-0.25, -0.2) is 4.79 Å². The number of ether oxygens (including phenoxy) is 1. The van der Waals surface area contributed by atoms with E-state index in [1.165, 1.54) is 11.1 Å². The zero-order valence-electron chi connectivity index (χ0n) is 21.0. The van der Waals surface area contributed by atoms with E-state index in [1.54, 1.807) is 0 Å². The lowest BCUT2D eigenvalue weighted by Gasteiger charge is -2.54. The third kappa shape index (κ3) is 5.53. The molecule has 3 aliphatic rings. The second kappa shape index (κ2) is 8.94. The van der Waals surface area contributed by atoms with Crippen LogP contribution in [0.4, 0.5) is 4.79 Å². The van der Waals surface area contributed by atoms with E-state index in [1.807, 2.05) is 30.9 Å². The fourth-order valence-corrected chi connectivity index (χ4v) is 6.52. The topological polar surface area (TPSA) is 70.7 Å². The summed E-state index contributed by atoms with van der Waals surface area (Å²) < 4.78 is 6.08. The summed E-state index contributed by atoms with van der Waals surface area (Å²) in [4.78, 5) is 27.7. The second-order valence-electron chi connectivity index (χ2n) is 11.9. The van der Waals surface area contributed by atoms with Crippen molar-refractivity contribution in [1.82, 2.24) is 15.5 Å². The van der Waals surface area contributed by atoms with Gasteiger partial charge in [-0.15, -0.1) is 0 Å². The van der Waals surface area contributed by atoms with Crippen molar-refractivity contribution >= 4 is 12.0 Å². The van der Waals surface area contributed by atoms with Crippen LogP contribution in [0.1, 0.15) is 84.3 Å². The van der Waals surface area contributed by atoms with E-state index in [9.17, 15) is 9.59 Å². The molecule has 1 heterocycles. The summed E-state index contributed by atoms with van der Waals surface area (Å²) in [5.41, 5.74) is 1.50. The Labute approximate surface area is 198 Å². The lowest BCUT2D eigenvalue weighted by atomic mass is 9.59. The smallest absolute Gasteiger partial charge is 0.408 e. The lowest BCUT2D eigenvalue weighted by molar-refractivity contribution is -0.132. The largest absolute Gasteiger partial charge is 0.443 e. The van der Waals surface area contributed by atoms with Crippen molar-refractivity contribution < 1.29 is 14.3 Å². The predicted molar refractivity (Wildman–Crippen MR) is 130 cm³/mol. The predicted octanol–water partition coefficient (Wildman–Crippen LogP) is 4.76. The lowest BCUT2D eigenvalue weighted by Crippen LogP contribution is -2.61. The molecule has 0 spiro atoms. The van der Waals surface area contributed by atoms with Crippen molar-refractivity contribution in [2.24, 2.45) is 11.8 Å². The Morgan fingerprint density at radius 3 is 2.45 bits per heavy atom. The van der Waals surface area contributed by atoms with Crippen LogP contribution in [0.3, 0.4) is 0 Å². The molecule has 0 radical (unpaired) electrons. The Morgan fingerprint density at radius 2 is 1.82 bits per heavy atom. The van der Waals surface area contributed by atoms with Crippen molar-refractivity contribution in [3.05, 3.63) is 35.4 Å². The average Bonchev–Trinajstić information content (AvgIpc) is 3.14. The number of alkyl carbamates (subject to hydrolysis) is 1.